The number of sulfonamides is 1. The lowest BCUT2D eigenvalue weighted by atomic mass is 9.79. The maximum atomic E-state index is 12.8. The van der Waals surface area contributed by atoms with Crippen molar-refractivity contribution in [1.82, 2.24) is 19.4 Å². The number of likely N-dealkylation sites (N-methyl/N-ethyl adjacent to an activating group) is 1. The Balaban J connectivity index is 1.59. The summed E-state index contributed by atoms with van der Waals surface area (Å²) in [6.07, 6.45) is 6.20. The molecule has 1 aromatic rings. The lowest BCUT2D eigenvalue weighted by molar-refractivity contribution is 0.00929. The standard InChI is InChI=1S/C25H42N4O3S/c1-4-27-16-18-28(19-17-27)25(14-8-7-9-15-25)21-26-20-24(30)22-10-12-23(13-11-22)33(31,32)29(5-2)6-3/h10-13,26H,4-9,14-21H2,1-3H3. The van der Waals surface area contributed by atoms with Crippen molar-refractivity contribution in [2.75, 3.05) is 58.9 Å². The van der Waals surface area contributed by atoms with Crippen LogP contribution in [0.3, 0.4) is 0 Å². The molecule has 1 aliphatic heterocycles. The van der Waals surface area contributed by atoms with Crippen molar-refractivity contribution in [3.05, 3.63) is 29.8 Å². The van der Waals surface area contributed by atoms with Gasteiger partial charge >= 0.3 is 0 Å². The summed E-state index contributed by atoms with van der Waals surface area (Å²) in [5, 5.41) is 3.47. The number of carbonyl (C=O) groups excluding carboxylic acids is 1. The number of Topliss-reactive ketones (excluding diaryl/α,β-unsaturated/α-hetero) is 1. The predicted molar refractivity (Wildman–Crippen MR) is 133 cm³/mol. The average Bonchev–Trinajstić information content (AvgIpc) is 2.85. The van der Waals surface area contributed by atoms with Crippen molar-refractivity contribution >= 4 is 15.8 Å². The van der Waals surface area contributed by atoms with Gasteiger partial charge < -0.3 is 10.2 Å². The summed E-state index contributed by atoms with van der Waals surface area (Å²) in [5.74, 6) is 0.00329. The zero-order valence-electron chi connectivity index (χ0n) is 20.7. The molecule has 1 N–H and O–H groups in total. The Kier molecular flexibility index (Phi) is 9.47. The zero-order valence-corrected chi connectivity index (χ0v) is 21.5. The van der Waals surface area contributed by atoms with E-state index in [1.807, 2.05) is 13.8 Å². The van der Waals surface area contributed by atoms with E-state index in [-0.39, 0.29) is 22.8 Å². The number of hydrogen-bond acceptors (Lipinski definition) is 6. The van der Waals surface area contributed by atoms with Gasteiger partial charge in [-0.1, -0.05) is 52.2 Å². The van der Waals surface area contributed by atoms with Crippen molar-refractivity contribution in [1.29, 1.82) is 0 Å². The highest BCUT2D eigenvalue weighted by molar-refractivity contribution is 7.89. The highest BCUT2D eigenvalue weighted by Gasteiger charge is 2.38. The van der Waals surface area contributed by atoms with Crippen LogP contribution < -0.4 is 5.32 Å². The van der Waals surface area contributed by atoms with E-state index in [1.54, 1.807) is 24.3 Å². The lowest BCUT2D eigenvalue weighted by Crippen LogP contribution is -2.61. The second-order valence-electron chi connectivity index (χ2n) is 9.35. The molecule has 0 radical (unpaired) electrons. The van der Waals surface area contributed by atoms with Gasteiger partial charge in [-0.2, -0.15) is 4.31 Å². The molecule has 0 unspecified atom stereocenters. The van der Waals surface area contributed by atoms with Crippen molar-refractivity contribution < 1.29 is 13.2 Å². The number of hydrogen-bond donors (Lipinski definition) is 1. The van der Waals surface area contributed by atoms with Gasteiger partial charge in [0.05, 0.1) is 11.4 Å². The normalized spacial score (nSPS) is 20.2. The molecule has 8 heteroatoms. The Labute approximate surface area is 200 Å². The minimum atomic E-state index is -3.50. The van der Waals surface area contributed by atoms with Crippen molar-refractivity contribution in [2.24, 2.45) is 0 Å². The number of carbonyl (C=O) groups is 1. The van der Waals surface area contributed by atoms with Crippen LogP contribution in [0.2, 0.25) is 0 Å². The second-order valence-corrected chi connectivity index (χ2v) is 11.3. The lowest BCUT2D eigenvalue weighted by Gasteiger charge is -2.50. The second kappa shape index (κ2) is 11.9. The Morgan fingerprint density at radius 1 is 0.970 bits per heavy atom. The number of piperazine rings is 1. The number of benzene rings is 1. The fraction of sp³-hybridized carbons (Fsp3) is 0.720. The smallest absolute Gasteiger partial charge is 0.243 e. The van der Waals surface area contributed by atoms with Crippen molar-refractivity contribution in [3.8, 4) is 0 Å². The summed E-state index contributed by atoms with van der Waals surface area (Å²) in [6, 6.07) is 6.38. The molecule has 0 amide bonds. The number of rotatable bonds is 11. The number of ketones is 1. The van der Waals surface area contributed by atoms with E-state index in [0.717, 1.165) is 39.3 Å². The molecule has 3 rings (SSSR count). The molecule has 2 fully saturated rings. The van der Waals surface area contributed by atoms with Crippen LogP contribution in [0.15, 0.2) is 29.2 Å². The minimum absolute atomic E-state index is 0.00329. The van der Waals surface area contributed by atoms with E-state index in [2.05, 4.69) is 22.0 Å². The minimum Gasteiger partial charge on any atom is -0.308 e. The molecule has 186 valence electrons. The Morgan fingerprint density at radius 3 is 2.12 bits per heavy atom. The van der Waals surface area contributed by atoms with E-state index >= 15 is 0 Å². The SMILES string of the molecule is CCN1CCN(C2(CNCC(=O)c3ccc(S(=O)(=O)N(CC)CC)cc3)CCCCC2)CC1. The van der Waals surface area contributed by atoms with Crippen LogP contribution in [0.25, 0.3) is 0 Å². The van der Waals surface area contributed by atoms with Crippen LogP contribution in [0.1, 0.15) is 63.2 Å². The van der Waals surface area contributed by atoms with Crippen LogP contribution in [-0.2, 0) is 10.0 Å². The molecule has 1 aliphatic carbocycles. The highest BCUT2D eigenvalue weighted by atomic mass is 32.2. The molecule has 0 aromatic heterocycles. The molecule has 1 aromatic carbocycles. The zero-order chi connectivity index (χ0) is 23.9. The van der Waals surface area contributed by atoms with Gasteiger partial charge in [-0.3, -0.25) is 9.69 Å². The topological polar surface area (TPSA) is 73.0 Å². The van der Waals surface area contributed by atoms with Gasteiger partial charge in [0.25, 0.3) is 0 Å². The third kappa shape index (κ3) is 6.22. The fourth-order valence-electron chi connectivity index (χ4n) is 5.39. The first-order valence-electron chi connectivity index (χ1n) is 12.7. The molecule has 7 nitrogen and oxygen atoms in total. The largest absolute Gasteiger partial charge is 0.308 e. The summed E-state index contributed by atoms with van der Waals surface area (Å²) >= 11 is 0. The first kappa shape index (κ1) is 26.3. The molecule has 2 aliphatic rings. The van der Waals surface area contributed by atoms with Crippen LogP contribution in [0.5, 0.6) is 0 Å². The molecule has 1 saturated carbocycles. The van der Waals surface area contributed by atoms with Crippen LogP contribution in [0, 0.1) is 0 Å². The van der Waals surface area contributed by atoms with E-state index in [0.29, 0.717) is 18.7 Å². The first-order valence-corrected chi connectivity index (χ1v) is 14.1. The molecule has 33 heavy (non-hydrogen) atoms. The van der Waals surface area contributed by atoms with Crippen LogP contribution in [0.4, 0.5) is 0 Å². The summed E-state index contributed by atoms with van der Waals surface area (Å²) in [6.45, 7) is 13.4. The Morgan fingerprint density at radius 2 is 1.58 bits per heavy atom. The summed E-state index contributed by atoms with van der Waals surface area (Å²) < 4.78 is 26.8. The van der Waals surface area contributed by atoms with Crippen molar-refractivity contribution in [3.63, 3.8) is 0 Å². The number of nitrogens with one attached hydrogen (secondary N) is 1. The van der Waals surface area contributed by atoms with Gasteiger partial charge in [-0.05, 0) is 31.5 Å². The van der Waals surface area contributed by atoms with E-state index in [9.17, 15) is 13.2 Å². The van der Waals surface area contributed by atoms with E-state index in [4.69, 9.17) is 0 Å². The Bertz CT molecular complexity index is 854. The van der Waals surface area contributed by atoms with Gasteiger partial charge in [0.1, 0.15) is 0 Å². The predicted octanol–water partition coefficient (Wildman–Crippen LogP) is 2.83. The third-order valence-electron chi connectivity index (χ3n) is 7.53. The molecule has 0 spiro atoms. The maximum absolute atomic E-state index is 12.8. The van der Waals surface area contributed by atoms with Gasteiger partial charge in [0.15, 0.2) is 5.78 Å². The summed E-state index contributed by atoms with van der Waals surface area (Å²) in [5.41, 5.74) is 0.704. The molecular weight excluding hydrogens is 436 g/mol. The highest BCUT2D eigenvalue weighted by Crippen LogP contribution is 2.34. The molecule has 0 atom stereocenters. The summed E-state index contributed by atoms with van der Waals surface area (Å²) in [4.78, 5) is 18.2. The fourth-order valence-corrected chi connectivity index (χ4v) is 6.85. The quantitative estimate of drug-likeness (QED) is 0.493. The van der Waals surface area contributed by atoms with Crippen LogP contribution in [-0.4, -0.2) is 92.7 Å². The van der Waals surface area contributed by atoms with Gasteiger partial charge in [0, 0.05) is 56.9 Å². The third-order valence-corrected chi connectivity index (χ3v) is 9.60. The van der Waals surface area contributed by atoms with E-state index in [1.165, 1.54) is 36.4 Å². The van der Waals surface area contributed by atoms with Gasteiger partial charge in [-0.25, -0.2) is 8.42 Å². The molecule has 0 bridgehead atoms. The molecular formula is C25H42N4O3S. The summed E-state index contributed by atoms with van der Waals surface area (Å²) in [7, 11) is -3.50. The monoisotopic (exact) mass is 478 g/mol. The molecule has 1 saturated heterocycles. The van der Waals surface area contributed by atoms with Crippen LogP contribution >= 0.6 is 0 Å². The Hall–Kier alpha value is -1.32. The van der Waals surface area contributed by atoms with Crippen molar-refractivity contribution in [2.45, 2.75) is 63.3 Å². The maximum Gasteiger partial charge on any atom is 0.243 e. The average molecular weight is 479 g/mol. The van der Waals surface area contributed by atoms with E-state index < -0.39 is 10.0 Å². The number of nitrogens with zero attached hydrogens (tertiary/aromatic N) is 3. The first-order chi connectivity index (χ1) is 15.9. The molecule has 1 heterocycles. The van der Waals surface area contributed by atoms with Gasteiger partial charge in [0.2, 0.25) is 10.0 Å². The van der Waals surface area contributed by atoms with Gasteiger partial charge in [-0.15, -0.1) is 0 Å².